The molecular formula is C17H30N6O. The van der Waals surface area contributed by atoms with Crippen LogP contribution in [0.5, 0.6) is 0 Å². The average molecular weight is 334 g/mol. The molecule has 0 atom stereocenters. The fourth-order valence-corrected chi connectivity index (χ4v) is 2.93. The number of carbonyl (C=O) groups is 1. The normalized spacial score (nSPS) is 11.8. The molecule has 0 unspecified atom stereocenters. The molecule has 2 aromatic heterocycles. The summed E-state index contributed by atoms with van der Waals surface area (Å²) < 4.78 is 3.87. The van der Waals surface area contributed by atoms with Crippen molar-refractivity contribution in [3.05, 3.63) is 11.9 Å². The first-order chi connectivity index (χ1) is 11.5. The van der Waals surface area contributed by atoms with Gasteiger partial charge in [-0.25, -0.2) is 0 Å². The van der Waals surface area contributed by atoms with Gasteiger partial charge in [0.1, 0.15) is 11.0 Å². The summed E-state index contributed by atoms with van der Waals surface area (Å²) in [5, 5.41) is 12.0. The largest absolute Gasteiger partial charge is 0.355 e. The number of likely N-dealkylation sites (N-methyl/N-ethyl adjacent to an activating group) is 1. The van der Waals surface area contributed by atoms with Crippen LogP contribution in [0.3, 0.4) is 0 Å². The summed E-state index contributed by atoms with van der Waals surface area (Å²) in [5.41, 5.74) is 3.02. The van der Waals surface area contributed by atoms with Gasteiger partial charge in [-0.3, -0.25) is 14.2 Å². The van der Waals surface area contributed by atoms with Crippen molar-refractivity contribution >= 4 is 16.9 Å². The second-order valence-electron chi connectivity index (χ2n) is 6.35. The number of nitrogens with zero attached hydrogens (tertiary/aromatic N) is 5. The first kappa shape index (κ1) is 18.4. The summed E-state index contributed by atoms with van der Waals surface area (Å²) in [6.45, 7) is 14.6. The lowest BCUT2D eigenvalue weighted by molar-refractivity contribution is -0.121. The van der Waals surface area contributed by atoms with E-state index in [9.17, 15) is 4.79 Å². The summed E-state index contributed by atoms with van der Waals surface area (Å²) in [6.07, 6.45) is 2.27. The highest BCUT2D eigenvalue weighted by atomic mass is 16.1. The molecule has 2 rings (SSSR count). The van der Waals surface area contributed by atoms with Crippen molar-refractivity contribution in [3.8, 4) is 0 Å². The van der Waals surface area contributed by atoms with Crippen LogP contribution in [-0.4, -0.2) is 56.5 Å². The van der Waals surface area contributed by atoms with Crippen LogP contribution in [0.4, 0.5) is 0 Å². The molecule has 0 aliphatic heterocycles. The molecule has 7 heteroatoms. The van der Waals surface area contributed by atoms with Crippen molar-refractivity contribution in [2.75, 3.05) is 26.2 Å². The van der Waals surface area contributed by atoms with E-state index in [1.54, 1.807) is 0 Å². The molecule has 2 heterocycles. The van der Waals surface area contributed by atoms with Gasteiger partial charge in [0.05, 0.1) is 18.4 Å². The molecule has 0 aliphatic rings. The quantitative estimate of drug-likeness (QED) is 0.761. The van der Waals surface area contributed by atoms with Gasteiger partial charge in [-0.15, -0.1) is 0 Å². The molecule has 1 N–H and O–H groups in total. The Balaban J connectivity index is 1.90. The molecule has 0 aliphatic carbocycles. The Morgan fingerprint density at radius 1 is 1.33 bits per heavy atom. The molecule has 0 radical (unpaired) electrons. The molecule has 24 heavy (non-hydrogen) atoms. The summed E-state index contributed by atoms with van der Waals surface area (Å²) in [7, 11) is 0. The topological polar surface area (TPSA) is 68.0 Å². The highest BCUT2D eigenvalue weighted by molar-refractivity contribution is 5.79. The number of rotatable bonds is 9. The summed E-state index contributed by atoms with van der Waals surface area (Å²) in [4.78, 5) is 14.3. The number of hydrogen-bond acceptors (Lipinski definition) is 4. The number of carbonyl (C=O) groups excluding carboxylic acids is 1. The van der Waals surface area contributed by atoms with E-state index < -0.39 is 0 Å². The first-order valence-electron chi connectivity index (χ1n) is 8.87. The maximum absolute atomic E-state index is 12.0. The monoisotopic (exact) mass is 334 g/mol. The van der Waals surface area contributed by atoms with Gasteiger partial charge in [0.15, 0.2) is 0 Å². The zero-order valence-electron chi connectivity index (χ0n) is 15.5. The number of nitrogens with one attached hydrogen (secondary N) is 1. The van der Waals surface area contributed by atoms with Crippen molar-refractivity contribution in [1.82, 2.24) is 29.8 Å². The summed E-state index contributed by atoms with van der Waals surface area (Å²) >= 11 is 0. The maximum Gasteiger partial charge on any atom is 0.221 e. The molecule has 0 aromatic carbocycles. The number of hydrogen-bond donors (Lipinski definition) is 1. The standard InChI is InChI=1S/C17H30N6O/c1-6-21(7-2)11-9-18-16(24)8-10-22-17-14(5)20-23(13(3)4)15(17)12-19-22/h12-13H,6-11H2,1-5H3,(H,18,24). The van der Waals surface area contributed by atoms with E-state index >= 15 is 0 Å². The van der Waals surface area contributed by atoms with Crippen molar-refractivity contribution in [3.63, 3.8) is 0 Å². The lowest BCUT2D eigenvalue weighted by Gasteiger charge is -2.17. The molecule has 1 amide bonds. The highest BCUT2D eigenvalue weighted by Gasteiger charge is 2.15. The first-order valence-corrected chi connectivity index (χ1v) is 8.87. The number of fused-ring (bicyclic) bond motifs is 1. The van der Waals surface area contributed by atoms with Crippen molar-refractivity contribution in [2.45, 2.75) is 53.6 Å². The average Bonchev–Trinajstić information content (AvgIpc) is 3.11. The third kappa shape index (κ3) is 4.14. The second kappa shape index (κ2) is 8.28. The van der Waals surface area contributed by atoms with Gasteiger partial charge in [-0.05, 0) is 33.9 Å². The van der Waals surface area contributed by atoms with Gasteiger partial charge in [-0.1, -0.05) is 13.8 Å². The van der Waals surface area contributed by atoms with Crippen LogP contribution < -0.4 is 5.32 Å². The smallest absolute Gasteiger partial charge is 0.221 e. The minimum Gasteiger partial charge on any atom is -0.355 e. The Morgan fingerprint density at radius 2 is 2.04 bits per heavy atom. The number of amides is 1. The van der Waals surface area contributed by atoms with Crippen LogP contribution in [0.15, 0.2) is 6.20 Å². The van der Waals surface area contributed by atoms with Crippen LogP contribution in [0.2, 0.25) is 0 Å². The van der Waals surface area contributed by atoms with Gasteiger partial charge in [-0.2, -0.15) is 10.2 Å². The Bertz CT molecular complexity index is 668. The van der Waals surface area contributed by atoms with E-state index in [1.807, 2.05) is 22.5 Å². The molecule has 0 saturated carbocycles. The highest BCUT2D eigenvalue weighted by Crippen LogP contribution is 2.21. The summed E-state index contributed by atoms with van der Waals surface area (Å²) in [6, 6.07) is 0.294. The van der Waals surface area contributed by atoms with Gasteiger partial charge < -0.3 is 10.2 Å². The zero-order chi connectivity index (χ0) is 17.7. The Hall–Kier alpha value is -1.89. The van der Waals surface area contributed by atoms with Crippen LogP contribution in [0.25, 0.3) is 11.0 Å². The molecule has 0 fully saturated rings. The molecule has 0 spiro atoms. The molecule has 134 valence electrons. The minimum absolute atomic E-state index is 0.0692. The van der Waals surface area contributed by atoms with E-state index in [0.717, 1.165) is 36.4 Å². The fourth-order valence-electron chi connectivity index (χ4n) is 2.93. The Kier molecular flexibility index (Phi) is 6.36. The van der Waals surface area contributed by atoms with Gasteiger partial charge >= 0.3 is 0 Å². The van der Waals surface area contributed by atoms with Crippen molar-refractivity contribution in [1.29, 1.82) is 0 Å². The zero-order valence-corrected chi connectivity index (χ0v) is 15.5. The number of aromatic nitrogens is 4. The lowest BCUT2D eigenvalue weighted by Crippen LogP contribution is -2.35. The predicted octanol–water partition coefficient (Wildman–Crippen LogP) is 1.97. The minimum atomic E-state index is 0.0692. The molecular weight excluding hydrogens is 304 g/mol. The van der Waals surface area contributed by atoms with E-state index in [0.29, 0.717) is 25.6 Å². The van der Waals surface area contributed by atoms with Crippen LogP contribution >= 0.6 is 0 Å². The SMILES string of the molecule is CCN(CC)CCNC(=O)CCn1ncc2c1c(C)nn2C(C)C. The van der Waals surface area contributed by atoms with Crippen molar-refractivity contribution in [2.24, 2.45) is 0 Å². The number of aryl methyl sites for hydroxylation is 2. The summed E-state index contributed by atoms with van der Waals surface area (Å²) in [5.74, 6) is 0.0692. The fraction of sp³-hybridized carbons (Fsp3) is 0.706. The van der Waals surface area contributed by atoms with E-state index in [1.165, 1.54) is 0 Å². The van der Waals surface area contributed by atoms with Crippen molar-refractivity contribution < 1.29 is 4.79 Å². The van der Waals surface area contributed by atoms with Gasteiger partial charge in [0, 0.05) is 25.6 Å². The van der Waals surface area contributed by atoms with Crippen LogP contribution in [0, 0.1) is 6.92 Å². The molecule has 0 bridgehead atoms. The lowest BCUT2D eigenvalue weighted by atomic mass is 10.3. The Morgan fingerprint density at radius 3 is 2.67 bits per heavy atom. The van der Waals surface area contributed by atoms with Crippen LogP contribution in [0.1, 0.15) is 45.9 Å². The van der Waals surface area contributed by atoms with E-state index in [-0.39, 0.29) is 5.91 Å². The molecule has 7 nitrogen and oxygen atoms in total. The van der Waals surface area contributed by atoms with E-state index in [4.69, 9.17) is 0 Å². The molecule has 2 aromatic rings. The Labute approximate surface area is 144 Å². The third-order valence-corrected chi connectivity index (χ3v) is 4.35. The maximum atomic E-state index is 12.0. The van der Waals surface area contributed by atoms with Crippen LogP contribution in [-0.2, 0) is 11.3 Å². The molecule has 0 saturated heterocycles. The third-order valence-electron chi connectivity index (χ3n) is 4.35. The van der Waals surface area contributed by atoms with Gasteiger partial charge in [0.2, 0.25) is 5.91 Å². The predicted molar refractivity (Wildman–Crippen MR) is 96.1 cm³/mol. The van der Waals surface area contributed by atoms with E-state index in [2.05, 4.69) is 48.1 Å². The second-order valence-corrected chi connectivity index (χ2v) is 6.35. The van der Waals surface area contributed by atoms with Gasteiger partial charge in [0.25, 0.3) is 0 Å².